The van der Waals surface area contributed by atoms with E-state index in [2.05, 4.69) is 21.0 Å². The van der Waals surface area contributed by atoms with E-state index in [-0.39, 0.29) is 5.97 Å². The highest BCUT2D eigenvalue weighted by molar-refractivity contribution is 9.10. The first kappa shape index (κ1) is 9.67. The number of hydrogen-bond donors (Lipinski definition) is 0. The molecule has 0 aliphatic carbocycles. The van der Waals surface area contributed by atoms with Crippen molar-refractivity contribution in [3.63, 3.8) is 0 Å². The standard InChI is InChI=1S/C8H9BrN2O3/c1-5(12)14-8-7-6(9)4-10-11(7)2-3-13-8/h4,8H,2-3H2,1H3. The van der Waals surface area contributed by atoms with Crippen molar-refractivity contribution >= 4 is 21.9 Å². The molecule has 0 N–H and O–H groups in total. The monoisotopic (exact) mass is 260 g/mol. The Labute approximate surface area is 89.1 Å². The zero-order chi connectivity index (χ0) is 10.1. The third-order valence-corrected chi connectivity index (χ3v) is 2.51. The van der Waals surface area contributed by atoms with Crippen molar-refractivity contribution in [2.75, 3.05) is 6.61 Å². The second-order valence-corrected chi connectivity index (χ2v) is 3.77. The third-order valence-electron chi connectivity index (χ3n) is 1.90. The first-order valence-corrected chi connectivity index (χ1v) is 4.98. The molecule has 14 heavy (non-hydrogen) atoms. The summed E-state index contributed by atoms with van der Waals surface area (Å²) in [5, 5.41) is 4.11. The minimum Gasteiger partial charge on any atom is -0.430 e. The second-order valence-electron chi connectivity index (χ2n) is 2.91. The van der Waals surface area contributed by atoms with Gasteiger partial charge in [-0.1, -0.05) is 0 Å². The molecule has 1 aliphatic rings. The second kappa shape index (κ2) is 3.70. The molecule has 0 aromatic carbocycles. The number of carbonyl (C=O) groups is 1. The number of carbonyl (C=O) groups excluding carboxylic acids is 1. The average molecular weight is 261 g/mol. The van der Waals surface area contributed by atoms with E-state index in [1.807, 2.05) is 0 Å². The molecule has 1 aromatic rings. The van der Waals surface area contributed by atoms with Crippen LogP contribution < -0.4 is 0 Å². The van der Waals surface area contributed by atoms with Crippen LogP contribution in [0.15, 0.2) is 10.7 Å². The van der Waals surface area contributed by atoms with Gasteiger partial charge in [-0.05, 0) is 15.9 Å². The Bertz CT molecular complexity index is 363. The van der Waals surface area contributed by atoms with Crippen molar-refractivity contribution in [1.29, 1.82) is 0 Å². The summed E-state index contributed by atoms with van der Waals surface area (Å²) in [6, 6.07) is 0. The molecular formula is C8H9BrN2O3. The highest BCUT2D eigenvalue weighted by Gasteiger charge is 2.27. The van der Waals surface area contributed by atoms with Crippen LogP contribution in [0.3, 0.4) is 0 Å². The van der Waals surface area contributed by atoms with E-state index in [4.69, 9.17) is 9.47 Å². The molecule has 1 aromatic heterocycles. The van der Waals surface area contributed by atoms with Crippen molar-refractivity contribution in [2.45, 2.75) is 19.8 Å². The first-order chi connectivity index (χ1) is 6.68. The van der Waals surface area contributed by atoms with E-state index in [1.165, 1.54) is 6.92 Å². The fourth-order valence-corrected chi connectivity index (χ4v) is 1.83. The van der Waals surface area contributed by atoms with E-state index in [1.54, 1.807) is 10.9 Å². The molecule has 1 unspecified atom stereocenters. The molecule has 0 spiro atoms. The lowest BCUT2D eigenvalue weighted by Gasteiger charge is -2.23. The first-order valence-electron chi connectivity index (χ1n) is 4.18. The van der Waals surface area contributed by atoms with Crippen LogP contribution in [0.4, 0.5) is 0 Å². The van der Waals surface area contributed by atoms with Crippen LogP contribution in [-0.4, -0.2) is 22.4 Å². The van der Waals surface area contributed by atoms with Crippen LogP contribution in [0.5, 0.6) is 0 Å². The van der Waals surface area contributed by atoms with E-state index < -0.39 is 6.29 Å². The fraction of sp³-hybridized carbons (Fsp3) is 0.500. The molecule has 1 atom stereocenters. The molecule has 0 bridgehead atoms. The van der Waals surface area contributed by atoms with Crippen molar-refractivity contribution < 1.29 is 14.3 Å². The normalized spacial score (nSPS) is 20.3. The summed E-state index contributed by atoms with van der Waals surface area (Å²) in [7, 11) is 0. The Kier molecular flexibility index (Phi) is 2.56. The maximum atomic E-state index is 10.8. The number of rotatable bonds is 1. The number of aromatic nitrogens is 2. The van der Waals surface area contributed by atoms with Gasteiger partial charge in [0, 0.05) is 6.92 Å². The summed E-state index contributed by atoms with van der Waals surface area (Å²) in [6.07, 6.45) is 1.03. The lowest BCUT2D eigenvalue weighted by molar-refractivity contribution is -0.186. The van der Waals surface area contributed by atoms with Crippen molar-refractivity contribution in [2.24, 2.45) is 0 Å². The number of fused-ring (bicyclic) bond motifs is 1. The Hall–Kier alpha value is -0.880. The van der Waals surface area contributed by atoms with Crippen molar-refractivity contribution in [1.82, 2.24) is 9.78 Å². The zero-order valence-corrected chi connectivity index (χ0v) is 9.15. The third kappa shape index (κ3) is 1.67. The minimum absolute atomic E-state index is 0.364. The molecule has 0 radical (unpaired) electrons. The van der Waals surface area contributed by atoms with E-state index in [9.17, 15) is 4.79 Å². The van der Waals surface area contributed by atoms with E-state index in [0.717, 1.165) is 10.2 Å². The lowest BCUT2D eigenvalue weighted by atomic mass is 10.3. The summed E-state index contributed by atoms with van der Waals surface area (Å²) in [5.74, 6) is -0.364. The van der Waals surface area contributed by atoms with Crippen LogP contribution in [-0.2, 0) is 20.8 Å². The molecule has 5 nitrogen and oxygen atoms in total. The van der Waals surface area contributed by atoms with Gasteiger partial charge in [0.2, 0.25) is 6.29 Å². The molecule has 0 amide bonds. The number of hydrogen-bond acceptors (Lipinski definition) is 4. The van der Waals surface area contributed by atoms with Gasteiger partial charge in [0.15, 0.2) is 0 Å². The van der Waals surface area contributed by atoms with Gasteiger partial charge in [-0.25, -0.2) is 0 Å². The highest BCUT2D eigenvalue weighted by atomic mass is 79.9. The molecule has 0 saturated heterocycles. The van der Waals surface area contributed by atoms with E-state index in [0.29, 0.717) is 13.2 Å². The lowest BCUT2D eigenvalue weighted by Crippen LogP contribution is -2.25. The van der Waals surface area contributed by atoms with Crippen LogP contribution in [0.2, 0.25) is 0 Å². The maximum Gasteiger partial charge on any atom is 0.305 e. The predicted molar refractivity (Wildman–Crippen MR) is 50.4 cm³/mol. The quantitative estimate of drug-likeness (QED) is 0.713. The van der Waals surface area contributed by atoms with Crippen LogP contribution in [0.1, 0.15) is 18.9 Å². The average Bonchev–Trinajstić information content (AvgIpc) is 2.48. The summed E-state index contributed by atoms with van der Waals surface area (Å²) in [5.41, 5.74) is 0.756. The van der Waals surface area contributed by atoms with Gasteiger partial charge in [-0.3, -0.25) is 9.48 Å². The van der Waals surface area contributed by atoms with Gasteiger partial charge >= 0.3 is 5.97 Å². The van der Waals surface area contributed by atoms with Gasteiger partial charge in [0.1, 0.15) is 5.69 Å². The largest absolute Gasteiger partial charge is 0.430 e. The van der Waals surface area contributed by atoms with Crippen LogP contribution in [0, 0.1) is 0 Å². The molecule has 6 heteroatoms. The summed E-state index contributed by atoms with van der Waals surface area (Å²) < 4.78 is 12.9. The summed E-state index contributed by atoms with van der Waals surface area (Å²) in [6.45, 7) is 2.53. The number of halogens is 1. The summed E-state index contributed by atoms with van der Waals surface area (Å²) in [4.78, 5) is 10.8. The molecule has 0 saturated carbocycles. The van der Waals surface area contributed by atoms with Gasteiger partial charge < -0.3 is 9.47 Å². The Morgan fingerprint density at radius 2 is 2.64 bits per heavy atom. The molecular weight excluding hydrogens is 252 g/mol. The number of ether oxygens (including phenoxy) is 2. The molecule has 1 aliphatic heterocycles. The fourth-order valence-electron chi connectivity index (χ4n) is 1.35. The van der Waals surface area contributed by atoms with Crippen molar-refractivity contribution in [3.8, 4) is 0 Å². The Morgan fingerprint density at radius 3 is 3.36 bits per heavy atom. The Balaban J connectivity index is 2.29. The zero-order valence-electron chi connectivity index (χ0n) is 7.57. The Morgan fingerprint density at radius 1 is 1.86 bits per heavy atom. The molecule has 0 fully saturated rings. The molecule has 2 heterocycles. The van der Waals surface area contributed by atoms with E-state index >= 15 is 0 Å². The maximum absolute atomic E-state index is 10.8. The van der Waals surface area contributed by atoms with Crippen LogP contribution in [0.25, 0.3) is 0 Å². The summed E-state index contributed by atoms with van der Waals surface area (Å²) >= 11 is 3.33. The highest BCUT2D eigenvalue weighted by Crippen LogP contribution is 2.29. The number of nitrogens with zero attached hydrogens (tertiary/aromatic N) is 2. The van der Waals surface area contributed by atoms with Crippen LogP contribution >= 0.6 is 15.9 Å². The van der Waals surface area contributed by atoms with Gasteiger partial charge in [-0.2, -0.15) is 5.10 Å². The number of esters is 1. The smallest absolute Gasteiger partial charge is 0.305 e. The van der Waals surface area contributed by atoms with Gasteiger partial charge in [-0.15, -0.1) is 0 Å². The SMILES string of the molecule is CC(=O)OC1OCCn2ncc(Br)c21. The van der Waals surface area contributed by atoms with Gasteiger partial charge in [0.05, 0.1) is 23.8 Å². The minimum atomic E-state index is -0.641. The molecule has 2 rings (SSSR count). The topological polar surface area (TPSA) is 53.4 Å². The van der Waals surface area contributed by atoms with Crippen molar-refractivity contribution in [3.05, 3.63) is 16.4 Å². The predicted octanol–water partition coefficient (Wildman–Crippen LogP) is 1.24. The van der Waals surface area contributed by atoms with Gasteiger partial charge in [0.25, 0.3) is 0 Å². The molecule has 76 valence electrons.